The van der Waals surface area contributed by atoms with Gasteiger partial charge in [0.15, 0.2) is 0 Å². The quantitative estimate of drug-likeness (QED) is 0.806. The maximum absolute atomic E-state index is 12.2. The van der Waals surface area contributed by atoms with E-state index in [1.54, 1.807) is 0 Å². The molecule has 2 N–H and O–H groups in total. The monoisotopic (exact) mass is 254 g/mol. The van der Waals surface area contributed by atoms with Gasteiger partial charge in [-0.1, -0.05) is 6.42 Å². The first kappa shape index (κ1) is 13.8. The number of hydrogen-bond acceptors (Lipinski definition) is 3. The Bertz CT molecular complexity index is 283. The summed E-state index contributed by atoms with van der Waals surface area (Å²) in [6, 6.07) is 0.246. The molecule has 1 aliphatic heterocycles. The Hall–Kier alpha value is -0.610. The average Bonchev–Trinajstić information content (AvgIpc) is 2.97. The maximum Gasteiger partial charge on any atom is 0.222 e. The summed E-state index contributed by atoms with van der Waals surface area (Å²) < 4.78 is 5.44. The van der Waals surface area contributed by atoms with Crippen LogP contribution in [0, 0.1) is 11.8 Å². The smallest absolute Gasteiger partial charge is 0.222 e. The number of likely N-dealkylation sites (tertiary alicyclic amines) is 1. The van der Waals surface area contributed by atoms with E-state index < -0.39 is 0 Å². The minimum atomic E-state index is 0.246. The molecule has 0 bridgehead atoms. The van der Waals surface area contributed by atoms with Gasteiger partial charge in [0, 0.05) is 38.1 Å². The molecular weight excluding hydrogens is 228 g/mol. The number of nitrogens with two attached hydrogens (primary N) is 1. The fourth-order valence-corrected chi connectivity index (χ4v) is 3.15. The second kappa shape index (κ2) is 6.53. The third-order valence-corrected chi connectivity index (χ3v) is 4.35. The number of amides is 1. The summed E-state index contributed by atoms with van der Waals surface area (Å²) in [5.74, 6) is 1.26. The number of hydrogen-bond donors (Lipinski definition) is 1. The lowest BCUT2D eigenvalue weighted by Gasteiger charge is -2.21. The highest BCUT2D eigenvalue weighted by molar-refractivity contribution is 5.76. The van der Waals surface area contributed by atoms with Gasteiger partial charge in [-0.25, -0.2) is 0 Å². The normalized spacial score (nSPS) is 32.1. The van der Waals surface area contributed by atoms with Gasteiger partial charge in [-0.15, -0.1) is 0 Å². The molecule has 1 amide bonds. The third kappa shape index (κ3) is 3.45. The van der Waals surface area contributed by atoms with Gasteiger partial charge in [-0.05, 0) is 32.1 Å². The Morgan fingerprint density at radius 3 is 2.89 bits per heavy atom. The molecule has 0 radical (unpaired) electrons. The van der Waals surface area contributed by atoms with Gasteiger partial charge in [0.2, 0.25) is 5.91 Å². The molecule has 2 aliphatic rings. The molecule has 4 nitrogen and oxygen atoms in total. The van der Waals surface area contributed by atoms with Crippen LogP contribution in [0.3, 0.4) is 0 Å². The van der Waals surface area contributed by atoms with Gasteiger partial charge < -0.3 is 15.4 Å². The Morgan fingerprint density at radius 1 is 1.39 bits per heavy atom. The van der Waals surface area contributed by atoms with Crippen LogP contribution in [0.5, 0.6) is 0 Å². The molecule has 1 saturated carbocycles. The van der Waals surface area contributed by atoms with Crippen LogP contribution in [0.15, 0.2) is 0 Å². The van der Waals surface area contributed by atoms with Gasteiger partial charge in [0.25, 0.3) is 0 Å². The van der Waals surface area contributed by atoms with Gasteiger partial charge in [0.1, 0.15) is 0 Å². The van der Waals surface area contributed by atoms with E-state index in [0.717, 1.165) is 45.6 Å². The van der Waals surface area contributed by atoms with E-state index in [1.807, 2.05) is 11.8 Å². The highest BCUT2D eigenvalue weighted by atomic mass is 16.5. The van der Waals surface area contributed by atoms with E-state index in [4.69, 9.17) is 10.5 Å². The van der Waals surface area contributed by atoms with Crippen molar-refractivity contribution in [2.75, 3.05) is 26.3 Å². The van der Waals surface area contributed by atoms with Crippen LogP contribution in [-0.2, 0) is 9.53 Å². The Labute approximate surface area is 110 Å². The van der Waals surface area contributed by atoms with Gasteiger partial charge in [-0.3, -0.25) is 4.79 Å². The lowest BCUT2D eigenvalue weighted by molar-refractivity contribution is -0.131. The second-order valence-corrected chi connectivity index (χ2v) is 5.71. The number of rotatable bonds is 5. The molecule has 0 aromatic rings. The first-order chi connectivity index (χ1) is 8.70. The van der Waals surface area contributed by atoms with E-state index in [-0.39, 0.29) is 6.04 Å². The van der Waals surface area contributed by atoms with Crippen LogP contribution in [0.1, 0.15) is 39.0 Å². The highest BCUT2D eigenvalue weighted by Crippen LogP contribution is 2.28. The minimum absolute atomic E-state index is 0.246. The van der Waals surface area contributed by atoms with Crippen LogP contribution >= 0.6 is 0 Å². The zero-order valence-electron chi connectivity index (χ0n) is 11.4. The number of ether oxygens (including phenoxy) is 1. The predicted molar refractivity (Wildman–Crippen MR) is 71.1 cm³/mol. The average molecular weight is 254 g/mol. The van der Waals surface area contributed by atoms with Gasteiger partial charge >= 0.3 is 0 Å². The molecule has 1 unspecified atom stereocenters. The highest BCUT2D eigenvalue weighted by Gasteiger charge is 2.31. The molecule has 4 heteroatoms. The zero-order chi connectivity index (χ0) is 13.0. The van der Waals surface area contributed by atoms with E-state index in [2.05, 4.69) is 0 Å². The van der Waals surface area contributed by atoms with Crippen LogP contribution in [0.25, 0.3) is 0 Å². The zero-order valence-corrected chi connectivity index (χ0v) is 11.4. The standard InChI is InChI=1S/C14H26N2O2/c1-2-18-10-11-6-7-16(9-11)14(17)8-12-4-3-5-13(12)15/h11-13H,2-10,15H2,1H3/t11?,12-,13+/m0/s1. The lowest BCUT2D eigenvalue weighted by Crippen LogP contribution is -2.34. The van der Waals surface area contributed by atoms with Crippen molar-refractivity contribution in [1.29, 1.82) is 0 Å². The first-order valence-corrected chi connectivity index (χ1v) is 7.31. The van der Waals surface area contributed by atoms with Crippen molar-refractivity contribution in [1.82, 2.24) is 4.90 Å². The van der Waals surface area contributed by atoms with Gasteiger partial charge in [-0.2, -0.15) is 0 Å². The summed E-state index contributed by atoms with van der Waals surface area (Å²) in [5, 5.41) is 0. The summed E-state index contributed by atoms with van der Waals surface area (Å²) in [7, 11) is 0. The molecule has 2 fully saturated rings. The van der Waals surface area contributed by atoms with Crippen molar-refractivity contribution in [3.8, 4) is 0 Å². The molecule has 0 aromatic carbocycles. The molecule has 104 valence electrons. The van der Waals surface area contributed by atoms with Crippen molar-refractivity contribution in [2.45, 2.75) is 45.1 Å². The van der Waals surface area contributed by atoms with Crippen molar-refractivity contribution < 1.29 is 9.53 Å². The van der Waals surface area contributed by atoms with E-state index in [9.17, 15) is 4.79 Å². The summed E-state index contributed by atoms with van der Waals surface area (Å²) in [6.45, 7) is 5.35. The molecule has 2 rings (SSSR count). The Balaban J connectivity index is 1.73. The molecule has 0 aromatic heterocycles. The van der Waals surface area contributed by atoms with E-state index in [0.29, 0.717) is 24.2 Å². The van der Waals surface area contributed by atoms with Crippen LogP contribution in [0.4, 0.5) is 0 Å². The molecule has 18 heavy (non-hydrogen) atoms. The summed E-state index contributed by atoms with van der Waals surface area (Å²) >= 11 is 0. The molecule has 0 spiro atoms. The molecule has 1 aliphatic carbocycles. The maximum atomic E-state index is 12.2. The largest absolute Gasteiger partial charge is 0.381 e. The van der Waals surface area contributed by atoms with E-state index >= 15 is 0 Å². The van der Waals surface area contributed by atoms with Crippen molar-refractivity contribution in [3.05, 3.63) is 0 Å². The fraction of sp³-hybridized carbons (Fsp3) is 0.929. The SMILES string of the molecule is CCOCC1CCN(C(=O)C[C@@H]2CCC[C@H]2N)C1. The third-order valence-electron chi connectivity index (χ3n) is 4.35. The van der Waals surface area contributed by atoms with Crippen LogP contribution in [0.2, 0.25) is 0 Å². The van der Waals surface area contributed by atoms with Crippen LogP contribution < -0.4 is 5.73 Å². The van der Waals surface area contributed by atoms with Gasteiger partial charge in [0.05, 0.1) is 6.61 Å². The molecular formula is C14H26N2O2. The number of nitrogens with zero attached hydrogens (tertiary/aromatic N) is 1. The topological polar surface area (TPSA) is 55.6 Å². The van der Waals surface area contributed by atoms with Crippen molar-refractivity contribution in [2.24, 2.45) is 17.6 Å². The number of carbonyl (C=O) groups is 1. The lowest BCUT2D eigenvalue weighted by atomic mass is 9.99. The minimum Gasteiger partial charge on any atom is -0.381 e. The number of carbonyl (C=O) groups excluding carboxylic acids is 1. The molecule has 1 saturated heterocycles. The molecule has 3 atom stereocenters. The van der Waals surface area contributed by atoms with Crippen molar-refractivity contribution >= 4 is 5.91 Å². The summed E-state index contributed by atoms with van der Waals surface area (Å²) in [4.78, 5) is 14.2. The van der Waals surface area contributed by atoms with Crippen LogP contribution in [-0.4, -0.2) is 43.2 Å². The molecule has 1 heterocycles. The van der Waals surface area contributed by atoms with E-state index in [1.165, 1.54) is 6.42 Å². The predicted octanol–water partition coefficient (Wildman–Crippen LogP) is 1.39. The Morgan fingerprint density at radius 2 is 2.22 bits per heavy atom. The first-order valence-electron chi connectivity index (χ1n) is 7.31. The fourth-order valence-electron chi connectivity index (χ4n) is 3.15. The van der Waals surface area contributed by atoms with Crippen molar-refractivity contribution in [3.63, 3.8) is 0 Å². The second-order valence-electron chi connectivity index (χ2n) is 5.71. The Kier molecular flexibility index (Phi) is 5.01. The summed E-state index contributed by atoms with van der Waals surface area (Å²) in [6.07, 6.45) is 5.14. The summed E-state index contributed by atoms with van der Waals surface area (Å²) in [5.41, 5.74) is 6.03.